The first-order valence-electron chi connectivity index (χ1n) is 4.24. The van der Waals surface area contributed by atoms with Gasteiger partial charge in [0.1, 0.15) is 6.33 Å². The lowest BCUT2D eigenvalue weighted by Gasteiger charge is -1.99. The molecule has 0 amide bonds. The highest BCUT2D eigenvalue weighted by molar-refractivity contribution is 7.99. The van der Waals surface area contributed by atoms with Crippen molar-refractivity contribution in [3.63, 3.8) is 0 Å². The Morgan fingerprint density at radius 1 is 1.62 bits per heavy atom. The van der Waals surface area contributed by atoms with Gasteiger partial charge in [0.15, 0.2) is 5.16 Å². The average Bonchev–Trinajstić information content (AvgIpc) is 2.52. The van der Waals surface area contributed by atoms with Crippen molar-refractivity contribution < 1.29 is 10.4 Å². The van der Waals surface area contributed by atoms with E-state index in [0.29, 0.717) is 0 Å². The van der Waals surface area contributed by atoms with Crippen LogP contribution >= 0.6 is 11.8 Å². The van der Waals surface area contributed by atoms with E-state index in [-0.39, 0.29) is 6.61 Å². The number of aliphatic hydroxyl groups is 1. The molecular weight excluding hydrogens is 188 g/mol. The van der Waals surface area contributed by atoms with Gasteiger partial charge in [-0.15, -0.1) is 10.2 Å². The van der Waals surface area contributed by atoms with Crippen LogP contribution in [0.4, 0.5) is 0 Å². The number of nitrogens with two attached hydrogens (primary N) is 1. The first kappa shape index (κ1) is 10.5. The van der Waals surface area contributed by atoms with Crippen LogP contribution in [0.5, 0.6) is 0 Å². The van der Waals surface area contributed by atoms with Crippen molar-refractivity contribution >= 4 is 11.8 Å². The fourth-order valence-electron chi connectivity index (χ4n) is 0.872. The van der Waals surface area contributed by atoms with Gasteiger partial charge in [0, 0.05) is 7.05 Å². The molecule has 0 aliphatic rings. The van der Waals surface area contributed by atoms with Crippen molar-refractivity contribution in [2.75, 3.05) is 25.4 Å². The third kappa shape index (κ3) is 3.75. The second-order valence-electron chi connectivity index (χ2n) is 2.66. The lowest BCUT2D eigenvalue weighted by molar-refractivity contribution is -0.651. The smallest absolute Gasteiger partial charge is 0.190 e. The molecule has 5 nitrogen and oxygen atoms in total. The van der Waals surface area contributed by atoms with Crippen molar-refractivity contribution in [2.24, 2.45) is 7.05 Å². The van der Waals surface area contributed by atoms with E-state index in [9.17, 15) is 0 Å². The van der Waals surface area contributed by atoms with Gasteiger partial charge >= 0.3 is 0 Å². The van der Waals surface area contributed by atoms with Crippen LogP contribution in [0.3, 0.4) is 0 Å². The third-order valence-corrected chi connectivity index (χ3v) is 2.62. The van der Waals surface area contributed by atoms with Crippen LogP contribution in [-0.2, 0) is 7.05 Å². The van der Waals surface area contributed by atoms with E-state index in [0.717, 1.165) is 24.0 Å². The molecule has 0 saturated carbocycles. The summed E-state index contributed by atoms with van der Waals surface area (Å²) in [5.74, 6) is 0.993. The van der Waals surface area contributed by atoms with Gasteiger partial charge in [0.2, 0.25) is 0 Å². The second-order valence-corrected chi connectivity index (χ2v) is 3.72. The van der Waals surface area contributed by atoms with Crippen LogP contribution in [0.15, 0.2) is 11.5 Å². The van der Waals surface area contributed by atoms with Crippen molar-refractivity contribution in [3.05, 3.63) is 6.33 Å². The maximum atomic E-state index is 8.53. The minimum Gasteiger partial charge on any atom is -0.391 e. The van der Waals surface area contributed by atoms with Gasteiger partial charge in [-0.25, -0.2) is 0 Å². The van der Waals surface area contributed by atoms with E-state index < -0.39 is 0 Å². The molecule has 0 atom stereocenters. The van der Waals surface area contributed by atoms with Gasteiger partial charge in [0.05, 0.1) is 25.4 Å². The van der Waals surface area contributed by atoms with Crippen LogP contribution in [0, 0.1) is 0 Å². The molecule has 0 unspecified atom stereocenters. The van der Waals surface area contributed by atoms with Gasteiger partial charge in [-0.3, -0.25) is 0 Å². The number of aromatic nitrogens is 3. The minimum atomic E-state index is 0.245. The number of nitrogens with zero attached hydrogens (tertiary/aromatic N) is 3. The van der Waals surface area contributed by atoms with Gasteiger partial charge in [-0.2, -0.15) is 0 Å². The zero-order valence-corrected chi connectivity index (χ0v) is 8.50. The van der Waals surface area contributed by atoms with Crippen molar-refractivity contribution in [1.82, 2.24) is 14.8 Å². The summed E-state index contributed by atoms with van der Waals surface area (Å²) in [4.78, 5) is 0. The third-order valence-electron chi connectivity index (χ3n) is 1.56. The highest BCUT2D eigenvalue weighted by Gasteiger charge is 2.00. The first-order chi connectivity index (χ1) is 6.34. The molecule has 1 rings (SSSR count). The molecule has 0 fully saturated rings. The highest BCUT2D eigenvalue weighted by atomic mass is 32.2. The quantitative estimate of drug-likeness (QED) is 0.434. The summed E-state index contributed by atoms with van der Waals surface area (Å²) >= 11 is 1.68. The first-order valence-corrected chi connectivity index (χ1v) is 5.22. The van der Waals surface area contributed by atoms with E-state index in [2.05, 4.69) is 15.5 Å². The Morgan fingerprint density at radius 3 is 3.08 bits per heavy atom. The summed E-state index contributed by atoms with van der Waals surface area (Å²) in [5.41, 5.74) is 0. The van der Waals surface area contributed by atoms with Crippen LogP contribution in [0.1, 0.15) is 0 Å². The average molecular weight is 203 g/mol. The molecule has 0 spiro atoms. The lowest BCUT2D eigenvalue weighted by Crippen LogP contribution is -2.85. The number of thioether (sulfide) groups is 1. The number of aryl methyl sites for hydroxylation is 1. The normalized spacial score (nSPS) is 10.6. The predicted octanol–water partition coefficient (Wildman–Crippen LogP) is -1.54. The van der Waals surface area contributed by atoms with Crippen LogP contribution in [-0.4, -0.2) is 45.3 Å². The molecule has 0 bridgehead atoms. The molecule has 0 aliphatic carbocycles. The largest absolute Gasteiger partial charge is 0.391 e. The number of rotatable bonds is 6. The zero-order valence-electron chi connectivity index (χ0n) is 7.68. The van der Waals surface area contributed by atoms with E-state index in [1.165, 1.54) is 0 Å². The minimum absolute atomic E-state index is 0.245. The molecular formula is C7H15N4OS+. The summed E-state index contributed by atoms with van der Waals surface area (Å²) in [6, 6.07) is 0. The summed E-state index contributed by atoms with van der Waals surface area (Å²) < 4.78 is 1.90. The number of quaternary nitrogens is 1. The predicted molar refractivity (Wildman–Crippen MR) is 50.5 cm³/mol. The lowest BCUT2D eigenvalue weighted by atomic mass is 10.6. The Hall–Kier alpha value is -0.590. The number of hydrogen-bond donors (Lipinski definition) is 2. The Bertz CT molecular complexity index is 240. The topological polar surface area (TPSA) is 67.5 Å². The molecule has 3 N–H and O–H groups in total. The molecule has 6 heteroatoms. The van der Waals surface area contributed by atoms with E-state index in [1.807, 2.05) is 11.6 Å². The van der Waals surface area contributed by atoms with Gasteiger partial charge in [-0.1, -0.05) is 11.8 Å². The molecule has 74 valence electrons. The van der Waals surface area contributed by atoms with Crippen molar-refractivity contribution in [3.8, 4) is 0 Å². The summed E-state index contributed by atoms with van der Waals surface area (Å²) in [6.07, 6.45) is 1.69. The highest BCUT2D eigenvalue weighted by Crippen LogP contribution is 2.10. The van der Waals surface area contributed by atoms with Gasteiger partial charge < -0.3 is 15.0 Å². The van der Waals surface area contributed by atoms with E-state index in [1.54, 1.807) is 18.1 Å². The molecule has 0 saturated heterocycles. The summed E-state index contributed by atoms with van der Waals surface area (Å²) in [6.45, 7) is 2.02. The van der Waals surface area contributed by atoms with E-state index in [4.69, 9.17) is 5.11 Å². The maximum absolute atomic E-state index is 8.53. The zero-order chi connectivity index (χ0) is 9.52. The van der Waals surface area contributed by atoms with Gasteiger partial charge in [0.25, 0.3) is 0 Å². The Kier molecular flexibility index (Phi) is 4.81. The molecule has 1 heterocycles. The molecule has 1 aromatic rings. The summed E-state index contributed by atoms with van der Waals surface area (Å²) in [7, 11) is 1.93. The number of hydrogen-bond acceptors (Lipinski definition) is 4. The van der Waals surface area contributed by atoms with E-state index >= 15 is 0 Å². The molecule has 0 aliphatic heterocycles. The monoisotopic (exact) mass is 203 g/mol. The molecule has 0 radical (unpaired) electrons. The number of aliphatic hydroxyl groups excluding tert-OH is 1. The van der Waals surface area contributed by atoms with Crippen molar-refractivity contribution in [2.45, 2.75) is 5.16 Å². The summed E-state index contributed by atoms with van der Waals surface area (Å²) in [5, 5.41) is 19.3. The van der Waals surface area contributed by atoms with Crippen LogP contribution < -0.4 is 5.32 Å². The second kappa shape index (κ2) is 5.95. The molecule has 1 aromatic heterocycles. The van der Waals surface area contributed by atoms with Crippen LogP contribution in [0.2, 0.25) is 0 Å². The Labute approximate surface area is 81.6 Å². The SMILES string of the molecule is Cn1cnnc1SCC[NH2+]CCO. The fraction of sp³-hybridized carbons (Fsp3) is 0.714. The maximum Gasteiger partial charge on any atom is 0.190 e. The van der Waals surface area contributed by atoms with Gasteiger partial charge in [-0.05, 0) is 0 Å². The fourth-order valence-corrected chi connectivity index (χ4v) is 1.70. The van der Waals surface area contributed by atoms with Crippen molar-refractivity contribution in [1.29, 1.82) is 0 Å². The standard InChI is InChI=1S/C7H14N4OS/c1-11-6-9-10-7(11)13-5-3-8-2-4-12/h6,8,12H,2-5H2,1H3/p+1. The Balaban J connectivity index is 2.10. The molecule has 0 aromatic carbocycles. The molecule has 13 heavy (non-hydrogen) atoms. The van der Waals surface area contributed by atoms with Crippen LogP contribution in [0.25, 0.3) is 0 Å². The Morgan fingerprint density at radius 2 is 2.46 bits per heavy atom.